The molecule has 0 aliphatic rings. The number of fused-ring (bicyclic) bond motifs is 1. The van der Waals surface area contributed by atoms with Crippen molar-refractivity contribution < 1.29 is 4.39 Å². The molecule has 0 radical (unpaired) electrons. The summed E-state index contributed by atoms with van der Waals surface area (Å²) in [6.45, 7) is 0. The van der Waals surface area contributed by atoms with Gasteiger partial charge < -0.3 is 4.98 Å². The van der Waals surface area contributed by atoms with Gasteiger partial charge in [-0.15, -0.1) is 0 Å². The van der Waals surface area contributed by atoms with Crippen molar-refractivity contribution in [3.05, 3.63) is 23.9 Å². The second-order valence-electron chi connectivity index (χ2n) is 2.61. The van der Waals surface area contributed by atoms with Gasteiger partial charge in [-0.05, 0) is 0 Å². The molecule has 74 valence electrons. The van der Waals surface area contributed by atoms with E-state index in [1.807, 2.05) is 0 Å². The average Bonchev–Trinajstić information content (AvgIpc) is 2.45. The summed E-state index contributed by atoms with van der Waals surface area (Å²) < 4.78 is 11.1. The third kappa shape index (κ3) is 1.78. The van der Waals surface area contributed by atoms with Crippen molar-refractivity contribution >= 4 is 46.0 Å². The molecule has 14 heavy (non-hydrogen) atoms. The molecule has 0 aliphatic heterocycles. The quantitative estimate of drug-likeness (QED) is 0.735. The first-order valence-electron chi connectivity index (χ1n) is 3.55. The minimum absolute atomic E-state index is 0.121. The van der Waals surface area contributed by atoms with Crippen LogP contribution in [0.2, 0.25) is 0 Å². The second kappa shape index (κ2) is 3.22. The molecule has 0 saturated heterocycles. The number of pyridine rings is 1. The number of aromatic amines is 1. The van der Waals surface area contributed by atoms with Crippen molar-refractivity contribution in [3.8, 4) is 0 Å². The molecule has 2 heterocycles. The Morgan fingerprint density at radius 3 is 2.71 bits per heavy atom. The number of nitrogens with one attached hydrogen (secondary N) is 1. The van der Waals surface area contributed by atoms with Gasteiger partial charge in [-0.3, -0.25) is 0 Å². The minimum Gasteiger partial charge on any atom is -0.337 e. The maximum atomic E-state index is 12.7. The molecule has 0 saturated carbocycles. The smallest absolute Gasteiger partial charge is 0.248 e. The Morgan fingerprint density at radius 1 is 1.36 bits per heavy atom. The predicted octanol–water partition coefficient (Wildman–Crippen LogP) is 2.92. The molecule has 2 rings (SSSR count). The number of rotatable bonds is 0. The number of alkyl halides is 3. The van der Waals surface area contributed by atoms with Crippen LogP contribution >= 0.6 is 34.8 Å². The fraction of sp³-hybridized carbons (Fsp3) is 0.143. The Morgan fingerprint density at radius 2 is 2.07 bits per heavy atom. The zero-order chi connectivity index (χ0) is 10.3. The Bertz CT molecular complexity index is 476. The number of aromatic nitrogens is 3. The van der Waals surface area contributed by atoms with Gasteiger partial charge in [0.05, 0.1) is 11.7 Å². The van der Waals surface area contributed by atoms with Crippen molar-refractivity contribution in [2.75, 3.05) is 0 Å². The summed E-state index contributed by atoms with van der Waals surface area (Å²) in [4.78, 5) is 10.3. The van der Waals surface area contributed by atoms with E-state index in [9.17, 15) is 4.39 Å². The standard InChI is InChI=1S/C7H3Cl3FN3/c8-7(9,10)6-13-4-1-3(11)2-12-5(4)14-6/h1-2H,(H,12,13,14). The van der Waals surface area contributed by atoms with Crippen LogP contribution in [0.4, 0.5) is 4.39 Å². The first kappa shape index (κ1) is 9.96. The predicted molar refractivity (Wildman–Crippen MR) is 53.1 cm³/mol. The Kier molecular flexibility index (Phi) is 2.29. The summed E-state index contributed by atoms with van der Waals surface area (Å²) in [5, 5.41) is 0. The van der Waals surface area contributed by atoms with E-state index >= 15 is 0 Å². The molecule has 0 fully saturated rings. The van der Waals surface area contributed by atoms with Crippen LogP contribution in [0.5, 0.6) is 0 Å². The number of imidazole rings is 1. The molecule has 2 aromatic rings. The lowest BCUT2D eigenvalue weighted by Crippen LogP contribution is -2.02. The average molecular weight is 254 g/mol. The van der Waals surface area contributed by atoms with E-state index in [2.05, 4.69) is 15.0 Å². The Labute approximate surface area is 93.2 Å². The number of nitrogens with zero attached hydrogens (tertiary/aromatic N) is 2. The van der Waals surface area contributed by atoms with Gasteiger partial charge in [-0.1, -0.05) is 34.8 Å². The van der Waals surface area contributed by atoms with Gasteiger partial charge in [0.15, 0.2) is 11.5 Å². The van der Waals surface area contributed by atoms with E-state index < -0.39 is 9.61 Å². The molecular weight excluding hydrogens is 251 g/mol. The third-order valence-corrected chi connectivity index (χ3v) is 2.11. The van der Waals surface area contributed by atoms with E-state index in [0.717, 1.165) is 6.20 Å². The lowest BCUT2D eigenvalue weighted by atomic mass is 10.4. The summed E-state index contributed by atoms with van der Waals surface area (Å²) >= 11 is 16.8. The monoisotopic (exact) mass is 253 g/mol. The van der Waals surface area contributed by atoms with Gasteiger partial charge in [0.25, 0.3) is 0 Å². The molecule has 2 aromatic heterocycles. The van der Waals surface area contributed by atoms with Crippen LogP contribution in [0.15, 0.2) is 12.3 Å². The van der Waals surface area contributed by atoms with E-state index in [-0.39, 0.29) is 5.82 Å². The Balaban J connectivity index is 2.63. The fourth-order valence-electron chi connectivity index (χ4n) is 1.01. The zero-order valence-electron chi connectivity index (χ0n) is 6.56. The van der Waals surface area contributed by atoms with Gasteiger partial charge in [0.1, 0.15) is 5.82 Å². The highest BCUT2D eigenvalue weighted by Crippen LogP contribution is 2.36. The molecule has 3 nitrogen and oxygen atoms in total. The maximum absolute atomic E-state index is 12.7. The van der Waals surface area contributed by atoms with Crippen molar-refractivity contribution in [2.24, 2.45) is 0 Å². The molecule has 0 aromatic carbocycles. The largest absolute Gasteiger partial charge is 0.337 e. The van der Waals surface area contributed by atoms with Gasteiger partial charge in [0, 0.05) is 6.07 Å². The molecule has 0 spiro atoms. The molecule has 7 heteroatoms. The highest BCUT2D eigenvalue weighted by atomic mass is 35.6. The number of hydrogen-bond donors (Lipinski definition) is 1. The highest BCUT2D eigenvalue weighted by molar-refractivity contribution is 6.66. The fourth-order valence-corrected chi connectivity index (χ4v) is 1.28. The van der Waals surface area contributed by atoms with Gasteiger partial charge >= 0.3 is 0 Å². The summed E-state index contributed by atoms with van der Waals surface area (Å²) in [6.07, 6.45) is 1.05. The summed E-state index contributed by atoms with van der Waals surface area (Å²) in [6, 6.07) is 1.23. The summed E-state index contributed by atoms with van der Waals surface area (Å²) in [5.74, 6) is -0.354. The van der Waals surface area contributed by atoms with Crippen molar-refractivity contribution in [1.82, 2.24) is 15.0 Å². The summed E-state index contributed by atoms with van der Waals surface area (Å²) in [7, 11) is 0. The molecule has 0 aliphatic carbocycles. The molecule has 1 N–H and O–H groups in total. The normalized spacial score (nSPS) is 12.3. The number of H-pyrrole nitrogens is 1. The summed E-state index contributed by atoms with van der Waals surface area (Å²) in [5.41, 5.74) is 0.707. The van der Waals surface area contributed by atoms with Gasteiger partial charge in [0.2, 0.25) is 3.79 Å². The number of halogens is 4. The first-order chi connectivity index (χ1) is 6.47. The van der Waals surface area contributed by atoms with Crippen LogP contribution in [0.25, 0.3) is 11.2 Å². The zero-order valence-corrected chi connectivity index (χ0v) is 8.83. The Hall–Kier alpha value is -0.580. The lowest BCUT2D eigenvalue weighted by Gasteiger charge is -2.04. The van der Waals surface area contributed by atoms with Gasteiger partial charge in [-0.2, -0.15) is 0 Å². The minimum atomic E-state index is -1.66. The molecular formula is C7H3Cl3FN3. The third-order valence-electron chi connectivity index (χ3n) is 1.57. The van der Waals surface area contributed by atoms with Crippen LogP contribution in [0.1, 0.15) is 5.82 Å². The van der Waals surface area contributed by atoms with Crippen LogP contribution in [0, 0.1) is 5.82 Å². The maximum Gasteiger partial charge on any atom is 0.248 e. The number of hydrogen-bond acceptors (Lipinski definition) is 2. The first-order valence-corrected chi connectivity index (χ1v) is 4.68. The van der Waals surface area contributed by atoms with E-state index in [4.69, 9.17) is 34.8 Å². The van der Waals surface area contributed by atoms with Crippen LogP contribution in [-0.4, -0.2) is 15.0 Å². The molecule has 0 amide bonds. The van der Waals surface area contributed by atoms with Crippen molar-refractivity contribution in [2.45, 2.75) is 3.79 Å². The topological polar surface area (TPSA) is 41.6 Å². The highest BCUT2D eigenvalue weighted by Gasteiger charge is 2.27. The second-order valence-corrected chi connectivity index (χ2v) is 4.89. The molecule has 0 bridgehead atoms. The van der Waals surface area contributed by atoms with Crippen molar-refractivity contribution in [1.29, 1.82) is 0 Å². The van der Waals surface area contributed by atoms with Crippen LogP contribution in [-0.2, 0) is 3.79 Å². The lowest BCUT2D eigenvalue weighted by molar-refractivity contribution is 0.624. The van der Waals surface area contributed by atoms with Crippen LogP contribution in [0.3, 0.4) is 0 Å². The van der Waals surface area contributed by atoms with E-state index in [1.54, 1.807) is 0 Å². The SMILES string of the molecule is Fc1cnc2nc(C(Cl)(Cl)Cl)[nH]c2c1. The molecule has 0 unspecified atom stereocenters. The molecule has 0 atom stereocenters. The van der Waals surface area contributed by atoms with Crippen molar-refractivity contribution in [3.63, 3.8) is 0 Å². The van der Waals surface area contributed by atoms with Gasteiger partial charge in [-0.25, -0.2) is 14.4 Å². The van der Waals surface area contributed by atoms with E-state index in [1.165, 1.54) is 6.07 Å². The van der Waals surface area contributed by atoms with E-state index in [0.29, 0.717) is 11.2 Å². The van der Waals surface area contributed by atoms with Crippen LogP contribution < -0.4 is 0 Å².